The summed E-state index contributed by atoms with van der Waals surface area (Å²) in [5.41, 5.74) is 6.99. The number of halogens is 2. The molecule has 210 valence electrons. The van der Waals surface area contributed by atoms with E-state index in [2.05, 4.69) is 103 Å². The number of benzene rings is 6. The van der Waals surface area contributed by atoms with Crippen molar-refractivity contribution in [1.29, 1.82) is 0 Å². The summed E-state index contributed by atoms with van der Waals surface area (Å²) in [5, 5.41) is 5.51. The number of hydrogen-bond donors (Lipinski definition) is 0. The lowest BCUT2D eigenvalue weighted by Gasteiger charge is -2.11. The van der Waals surface area contributed by atoms with Crippen LogP contribution in [0.3, 0.4) is 0 Å². The van der Waals surface area contributed by atoms with Gasteiger partial charge in [0, 0.05) is 17.6 Å². The van der Waals surface area contributed by atoms with Gasteiger partial charge in [-0.1, -0.05) is 97.1 Å². The largest absolute Gasteiger partial charge is 0.236 e. The Morgan fingerprint density at radius 2 is 1.18 bits per heavy atom. The van der Waals surface area contributed by atoms with Crippen molar-refractivity contribution in [3.63, 3.8) is 0 Å². The van der Waals surface area contributed by atoms with E-state index in [1.54, 1.807) is 11.3 Å². The van der Waals surface area contributed by atoms with Crippen LogP contribution in [0.2, 0.25) is 0 Å². The van der Waals surface area contributed by atoms with E-state index in [9.17, 15) is 8.78 Å². The van der Waals surface area contributed by atoms with Crippen LogP contribution < -0.4 is 0 Å². The monoisotopic (exact) mass is 589 g/mol. The number of fused-ring (bicyclic) bond motifs is 3. The lowest BCUT2D eigenvalue weighted by atomic mass is 9.93. The van der Waals surface area contributed by atoms with Crippen LogP contribution >= 0.6 is 11.3 Å². The summed E-state index contributed by atoms with van der Waals surface area (Å²) >= 11 is 1.72. The molecule has 8 rings (SSSR count). The van der Waals surface area contributed by atoms with Crippen LogP contribution in [0.4, 0.5) is 8.78 Å². The van der Waals surface area contributed by atoms with Gasteiger partial charge in [0.2, 0.25) is 0 Å². The molecule has 1 aromatic heterocycles. The second-order valence-electron chi connectivity index (χ2n) is 11.1. The first-order valence-electron chi connectivity index (χ1n) is 14.5. The van der Waals surface area contributed by atoms with Crippen LogP contribution in [0.25, 0.3) is 59.6 Å². The zero-order valence-corrected chi connectivity index (χ0v) is 24.4. The van der Waals surface area contributed by atoms with Crippen molar-refractivity contribution in [1.82, 2.24) is 4.98 Å². The van der Waals surface area contributed by atoms with Crippen molar-refractivity contribution in [2.45, 2.75) is 5.92 Å². The second-order valence-corrected chi connectivity index (χ2v) is 12.2. The highest BCUT2D eigenvalue weighted by Crippen LogP contribution is 2.34. The Hall–Kier alpha value is -5.19. The van der Waals surface area contributed by atoms with Gasteiger partial charge in [-0.25, -0.2) is 13.8 Å². The highest BCUT2D eigenvalue weighted by molar-refractivity contribution is 7.19. The predicted molar refractivity (Wildman–Crippen MR) is 181 cm³/mol. The first-order chi connectivity index (χ1) is 21.6. The Labute approximate surface area is 257 Å². The Morgan fingerprint density at radius 1 is 0.568 bits per heavy atom. The SMILES string of the molecule is Fc1cc(F)cc(-c2ccc3cc(-c4ccc5cc(C6C=CC=C(c7nc8ccccc8s7)C=C6)ccc5c4)ccc3c2)c1. The first-order valence-corrected chi connectivity index (χ1v) is 15.3. The minimum Gasteiger partial charge on any atom is -0.236 e. The van der Waals surface area contributed by atoms with Crippen molar-refractivity contribution in [2.75, 3.05) is 0 Å². The molecule has 0 bridgehead atoms. The molecule has 44 heavy (non-hydrogen) atoms. The molecule has 0 radical (unpaired) electrons. The molecule has 7 aromatic rings. The Morgan fingerprint density at radius 3 is 1.86 bits per heavy atom. The molecule has 6 aromatic carbocycles. The molecule has 1 aliphatic carbocycles. The number of nitrogens with zero attached hydrogens (tertiary/aromatic N) is 1. The smallest absolute Gasteiger partial charge is 0.126 e. The molecule has 1 unspecified atom stereocenters. The topological polar surface area (TPSA) is 12.9 Å². The molecule has 0 saturated heterocycles. The third kappa shape index (κ3) is 5.04. The van der Waals surface area contributed by atoms with E-state index in [-0.39, 0.29) is 5.92 Å². The van der Waals surface area contributed by atoms with Crippen LogP contribution in [0.15, 0.2) is 146 Å². The highest BCUT2D eigenvalue weighted by Gasteiger charge is 2.12. The maximum absolute atomic E-state index is 13.8. The van der Waals surface area contributed by atoms with Crippen LogP contribution in [-0.2, 0) is 0 Å². The van der Waals surface area contributed by atoms with Gasteiger partial charge in [0.25, 0.3) is 0 Å². The fourth-order valence-electron chi connectivity index (χ4n) is 5.94. The molecular formula is C40H25F2NS. The molecule has 1 atom stereocenters. The third-order valence-electron chi connectivity index (χ3n) is 8.24. The van der Waals surface area contributed by atoms with Crippen molar-refractivity contribution in [3.8, 4) is 22.3 Å². The van der Waals surface area contributed by atoms with E-state index in [4.69, 9.17) is 4.98 Å². The minimum atomic E-state index is -0.576. The highest BCUT2D eigenvalue weighted by atomic mass is 32.1. The lowest BCUT2D eigenvalue weighted by molar-refractivity contribution is 0.584. The number of allylic oxidation sites excluding steroid dienone is 6. The fourth-order valence-corrected chi connectivity index (χ4v) is 6.91. The predicted octanol–water partition coefficient (Wildman–Crippen LogP) is 11.5. The Bertz CT molecular complexity index is 2270. The second kappa shape index (κ2) is 10.8. The molecule has 0 spiro atoms. The maximum Gasteiger partial charge on any atom is 0.126 e. The van der Waals surface area contributed by atoms with Crippen LogP contribution in [-0.4, -0.2) is 4.98 Å². The molecule has 0 N–H and O–H groups in total. The van der Waals surface area contributed by atoms with Gasteiger partial charge in [0.05, 0.1) is 10.2 Å². The van der Waals surface area contributed by atoms with Gasteiger partial charge in [-0.2, -0.15) is 0 Å². The maximum atomic E-state index is 13.8. The molecule has 4 heteroatoms. The van der Waals surface area contributed by atoms with Gasteiger partial charge < -0.3 is 0 Å². The molecule has 1 aliphatic rings. The lowest BCUT2D eigenvalue weighted by Crippen LogP contribution is -1.91. The summed E-state index contributed by atoms with van der Waals surface area (Å²) in [7, 11) is 0. The molecule has 1 heterocycles. The van der Waals surface area contributed by atoms with E-state index < -0.39 is 11.6 Å². The normalized spacial score (nSPS) is 14.8. The average molecular weight is 590 g/mol. The third-order valence-corrected chi connectivity index (χ3v) is 9.32. The zero-order chi connectivity index (χ0) is 29.6. The number of para-hydroxylation sites is 1. The number of rotatable bonds is 4. The molecule has 0 saturated carbocycles. The summed E-state index contributed by atoms with van der Waals surface area (Å²) in [4.78, 5) is 4.83. The van der Waals surface area contributed by atoms with Crippen LogP contribution in [0.1, 0.15) is 16.5 Å². The summed E-state index contributed by atoms with van der Waals surface area (Å²) in [6.07, 6.45) is 11.0. The van der Waals surface area contributed by atoms with Crippen molar-refractivity contribution < 1.29 is 8.78 Å². The molecule has 0 aliphatic heterocycles. The fraction of sp³-hybridized carbons (Fsp3) is 0.0250. The zero-order valence-electron chi connectivity index (χ0n) is 23.5. The van der Waals surface area contributed by atoms with Gasteiger partial charge >= 0.3 is 0 Å². The molecule has 0 amide bonds. The van der Waals surface area contributed by atoms with Crippen molar-refractivity contribution >= 4 is 48.7 Å². The van der Waals surface area contributed by atoms with Crippen molar-refractivity contribution in [3.05, 3.63) is 168 Å². The minimum absolute atomic E-state index is 0.177. The number of thiazole rings is 1. The average Bonchev–Trinajstić information content (AvgIpc) is 3.32. The van der Waals surface area contributed by atoms with Crippen LogP contribution in [0, 0.1) is 11.6 Å². The van der Waals surface area contributed by atoms with Gasteiger partial charge in [-0.05, 0) is 91.8 Å². The molecule has 0 fully saturated rings. The Balaban J connectivity index is 1.05. The van der Waals surface area contributed by atoms with Gasteiger partial charge in [-0.15, -0.1) is 11.3 Å². The quantitative estimate of drug-likeness (QED) is 0.199. The summed E-state index contributed by atoms with van der Waals surface area (Å²) in [6, 6.07) is 37.4. The van der Waals surface area contributed by atoms with Crippen LogP contribution in [0.5, 0.6) is 0 Å². The molecule has 1 nitrogen and oxygen atoms in total. The van der Waals surface area contributed by atoms with E-state index in [0.717, 1.165) is 49.6 Å². The first kappa shape index (κ1) is 26.4. The summed E-state index contributed by atoms with van der Waals surface area (Å²) in [5.74, 6) is -0.975. The Kier molecular flexibility index (Phi) is 6.50. The summed E-state index contributed by atoms with van der Waals surface area (Å²) in [6.45, 7) is 0. The van der Waals surface area contributed by atoms with E-state index in [1.165, 1.54) is 33.2 Å². The summed E-state index contributed by atoms with van der Waals surface area (Å²) < 4.78 is 28.7. The van der Waals surface area contributed by atoms with Gasteiger partial charge in [0.1, 0.15) is 16.6 Å². The standard InChI is InChI=1S/C40H25F2NS/c41-36-22-35(23-37(42)24-36)34-17-16-32-20-31(14-15-33(32)21-34)30-13-12-28-18-27(10-11-29(28)19-30)25-4-3-5-26(9-8-25)40-43-38-6-1-2-7-39(38)44-40/h1-25H. The number of aromatic nitrogens is 1. The van der Waals surface area contributed by atoms with Gasteiger partial charge in [0.15, 0.2) is 0 Å². The van der Waals surface area contributed by atoms with E-state index in [0.29, 0.717) is 5.56 Å². The molecular weight excluding hydrogens is 565 g/mol. The van der Waals surface area contributed by atoms with Crippen molar-refractivity contribution in [2.24, 2.45) is 0 Å². The van der Waals surface area contributed by atoms with E-state index in [1.807, 2.05) is 24.3 Å². The van der Waals surface area contributed by atoms with E-state index >= 15 is 0 Å². The number of hydrogen-bond acceptors (Lipinski definition) is 2. The van der Waals surface area contributed by atoms with Gasteiger partial charge in [-0.3, -0.25) is 0 Å².